The quantitative estimate of drug-likeness (QED) is 0.524. The van der Waals surface area contributed by atoms with E-state index in [1.807, 2.05) is 0 Å². The van der Waals surface area contributed by atoms with Gasteiger partial charge in [-0.15, -0.1) is 0 Å². The van der Waals surface area contributed by atoms with Gasteiger partial charge < -0.3 is 4.74 Å². The fourth-order valence-electron chi connectivity index (χ4n) is 0.117. The van der Waals surface area contributed by atoms with Crippen LogP contribution in [0.3, 0.4) is 0 Å². The summed E-state index contributed by atoms with van der Waals surface area (Å²) in [5.41, 5.74) is 0. The van der Waals surface area contributed by atoms with Crippen LogP contribution in [-0.4, -0.2) is 5.97 Å². The maximum atomic E-state index is 9.75. The van der Waals surface area contributed by atoms with Crippen molar-refractivity contribution in [3.63, 3.8) is 0 Å². The Kier molecular flexibility index (Phi) is 9.20. The summed E-state index contributed by atoms with van der Waals surface area (Å²) in [5.74, 6) is -0.329. The van der Waals surface area contributed by atoms with Crippen LogP contribution in [0.2, 0.25) is 0 Å². The van der Waals surface area contributed by atoms with Crippen molar-refractivity contribution in [3.8, 4) is 0 Å². The molecular weight excluding hydrogens is 318 g/mol. The number of hydrogen-bond acceptors (Lipinski definition) is 2. The number of rotatable bonds is 1. The Balaban J connectivity index is 0. The minimum absolute atomic E-state index is 0. The third-order valence-corrected chi connectivity index (χ3v) is 0.249. The normalized spacial score (nSPS) is 5.86. The first-order chi connectivity index (χ1) is 2.77. The smallest absolute Gasteiger partial charge is 0.307 e. The molecule has 0 rings (SSSR count). The van der Waals surface area contributed by atoms with Gasteiger partial charge in [0.25, 0.3) is 0 Å². The third-order valence-electron chi connectivity index (χ3n) is 0.249. The summed E-state index contributed by atoms with van der Waals surface area (Å²) in [6.07, 6.45) is 1.10. The van der Waals surface area contributed by atoms with Crippen LogP contribution in [0.1, 0.15) is 6.92 Å². The van der Waals surface area contributed by atoms with Crippen LogP contribution < -0.4 is 0 Å². The maximum absolute atomic E-state index is 9.75. The molecule has 0 spiro atoms. The number of hydrogen-bond donors (Lipinski definition) is 0. The van der Waals surface area contributed by atoms with Crippen molar-refractivity contribution in [2.45, 2.75) is 6.92 Å². The van der Waals surface area contributed by atoms with Crippen molar-refractivity contribution in [1.29, 1.82) is 0 Å². The second-order valence-electron chi connectivity index (χ2n) is 0.776. The summed E-state index contributed by atoms with van der Waals surface area (Å²) in [6.45, 7) is 4.48. The summed E-state index contributed by atoms with van der Waals surface area (Å²) in [7, 11) is 0. The molecule has 0 aliphatic heterocycles. The molecule has 3 heteroatoms. The van der Waals surface area contributed by atoms with Crippen LogP contribution in [0.25, 0.3) is 0 Å². The number of carbonyl (C=O) groups is 1. The molecule has 0 heterocycles. The first-order valence-corrected chi connectivity index (χ1v) is 1.55. The molecule has 0 N–H and O–H groups in total. The van der Waals surface area contributed by atoms with Crippen LogP contribution in [0, 0.1) is 31.1 Å². The van der Waals surface area contributed by atoms with Gasteiger partial charge in [0.2, 0.25) is 0 Å². The van der Waals surface area contributed by atoms with Crippen LogP contribution in [0.15, 0.2) is 12.8 Å². The second-order valence-corrected chi connectivity index (χ2v) is 0.776. The van der Waals surface area contributed by atoms with E-state index in [0.717, 1.165) is 6.26 Å². The molecular formula is C4H6O2U. The Bertz CT molecular complexity index is 70.1. The van der Waals surface area contributed by atoms with Crippen molar-refractivity contribution in [2.24, 2.45) is 0 Å². The van der Waals surface area contributed by atoms with Gasteiger partial charge in [-0.1, -0.05) is 6.58 Å². The van der Waals surface area contributed by atoms with Crippen LogP contribution in [0.5, 0.6) is 0 Å². The minimum atomic E-state index is -0.329. The molecule has 0 radical (unpaired) electrons. The van der Waals surface area contributed by atoms with Gasteiger partial charge in [-0.25, -0.2) is 0 Å². The average molecular weight is 324 g/mol. The Labute approximate surface area is 66.3 Å². The van der Waals surface area contributed by atoms with Gasteiger partial charge >= 0.3 is 5.97 Å². The van der Waals surface area contributed by atoms with Gasteiger partial charge in [0.05, 0.1) is 6.26 Å². The van der Waals surface area contributed by atoms with Crippen molar-refractivity contribution >= 4 is 5.97 Å². The van der Waals surface area contributed by atoms with Gasteiger partial charge in [0, 0.05) is 38.0 Å². The van der Waals surface area contributed by atoms with Crippen LogP contribution >= 0.6 is 0 Å². The largest absolute Gasteiger partial charge is 0.435 e. The molecule has 0 aliphatic rings. The zero-order valence-corrected chi connectivity index (χ0v) is 8.26. The van der Waals surface area contributed by atoms with E-state index in [9.17, 15) is 4.79 Å². The Morgan fingerprint density at radius 1 is 1.86 bits per heavy atom. The van der Waals surface area contributed by atoms with Crippen LogP contribution in [-0.2, 0) is 9.53 Å². The zero-order valence-electron chi connectivity index (χ0n) is 4.10. The van der Waals surface area contributed by atoms with E-state index in [4.69, 9.17) is 0 Å². The Morgan fingerprint density at radius 3 is 2.29 bits per heavy atom. The van der Waals surface area contributed by atoms with E-state index < -0.39 is 0 Å². The van der Waals surface area contributed by atoms with Crippen molar-refractivity contribution < 1.29 is 40.6 Å². The Morgan fingerprint density at radius 2 is 2.29 bits per heavy atom. The fourth-order valence-corrected chi connectivity index (χ4v) is 0.117. The predicted molar refractivity (Wildman–Crippen MR) is 22.0 cm³/mol. The molecule has 0 aromatic heterocycles. The number of esters is 1. The number of ether oxygens (including phenoxy) is 1. The maximum Gasteiger partial charge on any atom is 0.307 e. The van der Waals surface area contributed by atoms with E-state index in [1.54, 1.807) is 0 Å². The van der Waals surface area contributed by atoms with E-state index in [2.05, 4.69) is 11.3 Å². The molecule has 0 unspecified atom stereocenters. The monoisotopic (exact) mass is 324 g/mol. The van der Waals surface area contributed by atoms with E-state index in [0.29, 0.717) is 0 Å². The summed E-state index contributed by atoms with van der Waals surface area (Å²) < 4.78 is 4.17. The molecule has 0 aromatic rings. The summed E-state index contributed by atoms with van der Waals surface area (Å²) in [6, 6.07) is 0. The Hall–Kier alpha value is 0.262. The SMILES string of the molecule is C=COC(C)=O.[U]. The molecule has 0 fully saturated rings. The van der Waals surface area contributed by atoms with Gasteiger partial charge in [0.1, 0.15) is 0 Å². The van der Waals surface area contributed by atoms with Crippen molar-refractivity contribution in [2.75, 3.05) is 0 Å². The molecule has 0 amide bonds. The second kappa shape index (κ2) is 6.26. The van der Waals surface area contributed by atoms with Gasteiger partial charge in [-0.2, -0.15) is 0 Å². The molecule has 0 saturated heterocycles. The topological polar surface area (TPSA) is 26.3 Å². The zero-order chi connectivity index (χ0) is 4.99. The summed E-state index contributed by atoms with van der Waals surface area (Å²) >= 11 is 0. The first kappa shape index (κ1) is 10.3. The minimum Gasteiger partial charge on any atom is -0.435 e. The third kappa shape index (κ3) is 10.7. The van der Waals surface area contributed by atoms with Crippen molar-refractivity contribution in [3.05, 3.63) is 12.8 Å². The molecule has 0 atom stereocenters. The first-order valence-electron chi connectivity index (χ1n) is 1.55. The molecule has 38 valence electrons. The average Bonchev–Trinajstić information content (AvgIpc) is 1.35. The fraction of sp³-hybridized carbons (Fsp3) is 0.250. The van der Waals surface area contributed by atoms with Crippen LogP contribution in [0.4, 0.5) is 0 Å². The molecule has 0 bridgehead atoms. The van der Waals surface area contributed by atoms with Crippen molar-refractivity contribution in [1.82, 2.24) is 0 Å². The number of carbonyl (C=O) groups excluding carboxylic acids is 1. The van der Waals surface area contributed by atoms with E-state index >= 15 is 0 Å². The van der Waals surface area contributed by atoms with Gasteiger partial charge in [-0.3, -0.25) is 4.79 Å². The summed E-state index contributed by atoms with van der Waals surface area (Å²) in [4.78, 5) is 9.75. The van der Waals surface area contributed by atoms with E-state index in [1.165, 1.54) is 6.92 Å². The standard InChI is InChI=1S/C4H6O2.U/c1-3-6-4(2)5;/h3H,1H2,2H3;. The molecule has 0 saturated carbocycles. The van der Waals surface area contributed by atoms with Gasteiger partial charge in [-0.05, 0) is 0 Å². The molecule has 2 nitrogen and oxygen atoms in total. The van der Waals surface area contributed by atoms with Gasteiger partial charge in [0.15, 0.2) is 0 Å². The predicted octanol–water partition coefficient (Wildman–Crippen LogP) is 0.693. The van der Waals surface area contributed by atoms with E-state index in [-0.39, 0.29) is 37.1 Å². The molecule has 0 aromatic carbocycles. The summed E-state index contributed by atoms with van der Waals surface area (Å²) in [5, 5.41) is 0. The molecule has 7 heavy (non-hydrogen) atoms. The molecule has 0 aliphatic carbocycles.